The molecule has 0 spiro atoms. The molecule has 0 radical (unpaired) electrons. The summed E-state index contributed by atoms with van der Waals surface area (Å²) in [4.78, 5) is 16.2. The SMILES string of the molecule is COc1cc(C(C)=O)ccc1OCCCN1CCN(C)CC1.Cl. The van der Waals surface area contributed by atoms with Crippen LogP contribution in [0.4, 0.5) is 0 Å². The smallest absolute Gasteiger partial charge is 0.161 e. The van der Waals surface area contributed by atoms with Crippen LogP contribution in [-0.2, 0) is 0 Å². The topological polar surface area (TPSA) is 42.0 Å². The number of hydrogen-bond donors (Lipinski definition) is 0. The van der Waals surface area contributed by atoms with E-state index in [1.165, 1.54) is 0 Å². The number of methoxy groups -OCH3 is 1. The molecule has 23 heavy (non-hydrogen) atoms. The molecule has 0 unspecified atom stereocenters. The molecule has 1 fully saturated rings. The van der Waals surface area contributed by atoms with E-state index < -0.39 is 0 Å². The second kappa shape index (κ2) is 9.75. The fourth-order valence-corrected chi connectivity index (χ4v) is 2.55. The molecule has 2 rings (SSSR count). The van der Waals surface area contributed by atoms with Crippen molar-refractivity contribution in [1.29, 1.82) is 0 Å². The van der Waals surface area contributed by atoms with Crippen molar-refractivity contribution in [2.75, 3.05) is 53.5 Å². The largest absolute Gasteiger partial charge is 0.493 e. The molecule has 0 aromatic heterocycles. The van der Waals surface area contributed by atoms with Crippen molar-refractivity contribution in [3.05, 3.63) is 23.8 Å². The Labute approximate surface area is 145 Å². The first-order chi connectivity index (χ1) is 10.6. The summed E-state index contributed by atoms with van der Waals surface area (Å²) in [5, 5.41) is 0. The molecule has 1 aromatic rings. The number of ketones is 1. The van der Waals surface area contributed by atoms with Gasteiger partial charge in [0.15, 0.2) is 17.3 Å². The second-order valence-corrected chi connectivity index (χ2v) is 5.77. The molecule has 1 aromatic carbocycles. The summed E-state index contributed by atoms with van der Waals surface area (Å²) in [7, 11) is 3.76. The number of carbonyl (C=O) groups excluding carboxylic acids is 1. The average molecular weight is 343 g/mol. The van der Waals surface area contributed by atoms with Gasteiger partial charge in [0, 0.05) is 38.3 Å². The lowest BCUT2D eigenvalue weighted by molar-refractivity contribution is 0.101. The van der Waals surface area contributed by atoms with Gasteiger partial charge in [-0.15, -0.1) is 12.4 Å². The van der Waals surface area contributed by atoms with E-state index in [2.05, 4.69) is 16.8 Å². The van der Waals surface area contributed by atoms with Crippen LogP contribution in [0.25, 0.3) is 0 Å². The maximum Gasteiger partial charge on any atom is 0.161 e. The third-order valence-corrected chi connectivity index (χ3v) is 4.04. The Morgan fingerprint density at radius 1 is 1.17 bits per heavy atom. The predicted octanol–water partition coefficient (Wildman–Crippen LogP) is 2.34. The Morgan fingerprint density at radius 2 is 1.87 bits per heavy atom. The van der Waals surface area contributed by atoms with Gasteiger partial charge in [0.1, 0.15) is 0 Å². The molecular formula is C17H27ClN2O3. The number of piperazine rings is 1. The van der Waals surface area contributed by atoms with Crippen molar-refractivity contribution < 1.29 is 14.3 Å². The predicted molar refractivity (Wildman–Crippen MR) is 94.3 cm³/mol. The van der Waals surface area contributed by atoms with Crippen molar-refractivity contribution in [2.45, 2.75) is 13.3 Å². The normalized spacial score (nSPS) is 15.8. The Hall–Kier alpha value is -1.30. The van der Waals surface area contributed by atoms with Gasteiger partial charge in [-0.2, -0.15) is 0 Å². The standard InChI is InChI=1S/C17H26N2O3.ClH/c1-14(20)15-5-6-16(17(13-15)21-3)22-12-4-7-19-10-8-18(2)9-11-19;/h5-6,13H,4,7-12H2,1-3H3;1H. The summed E-state index contributed by atoms with van der Waals surface area (Å²) in [5.74, 6) is 1.35. The van der Waals surface area contributed by atoms with E-state index >= 15 is 0 Å². The van der Waals surface area contributed by atoms with Gasteiger partial charge >= 0.3 is 0 Å². The van der Waals surface area contributed by atoms with Crippen LogP contribution in [0.3, 0.4) is 0 Å². The van der Waals surface area contributed by atoms with Gasteiger partial charge in [-0.25, -0.2) is 0 Å². The van der Waals surface area contributed by atoms with Crippen molar-refractivity contribution in [3.63, 3.8) is 0 Å². The summed E-state index contributed by atoms with van der Waals surface area (Å²) in [6.45, 7) is 7.80. The molecular weight excluding hydrogens is 316 g/mol. The number of likely N-dealkylation sites (N-methyl/N-ethyl adjacent to an activating group) is 1. The van der Waals surface area contributed by atoms with Crippen LogP contribution in [0, 0.1) is 0 Å². The van der Waals surface area contributed by atoms with Crippen LogP contribution in [-0.4, -0.2) is 69.1 Å². The van der Waals surface area contributed by atoms with Gasteiger partial charge < -0.3 is 19.3 Å². The number of halogens is 1. The highest BCUT2D eigenvalue weighted by atomic mass is 35.5. The fourth-order valence-electron chi connectivity index (χ4n) is 2.55. The van der Waals surface area contributed by atoms with Crippen LogP contribution in [0.15, 0.2) is 18.2 Å². The van der Waals surface area contributed by atoms with Crippen molar-refractivity contribution in [3.8, 4) is 11.5 Å². The molecule has 1 aliphatic rings. The van der Waals surface area contributed by atoms with Gasteiger partial charge in [-0.1, -0.05) is 0 Å². The van der Waals surface area contributed by atoms with E-state index in [0.29, 0.717) is 23.7 Å². The lowest BCUT2D eigenvalue weighted by atomic mass is 10.1. The molecule has 0 N–H and O–H groups in total. The maximum atomic E-state index is 11.4. The zero-order chi connectivity index (χ0) is 15.9. The lowest BCUT2D eigenvalue weighted by Crippen LogP contribution is -2.44. The molecule has 5 nitrogen and oxygen atoms in total. The molecule has 0 amide bonds. The quantitative estimate of drug-likeness (QED) is 0.562. The van der Waals surface area contributed by atoms with Gasteiger partial charge in [-0.05, 0) is 38.6 Å². The number of carbonyl (C=O) groups is 1. The maximum absolute atomic E-state index is 11.4. The van der Waals surface area contributed by atoms with E-state index in [-0.39, 0.29) is 18.2 Å². The van der Waals surface area contributed by atoms with Gasteiger partial charge in [0.2, 0.25) is 0 Å². The number of nitrogens with zero attached hydrogens (tertiary/aromatic N) is 2. The molecule has 0 saturated carbocycles. The third-order valence-electron chi connectivity index (χ3n) is 4.04. The van der Waals surface area contributed by atoms with Gasteiger partial charge in [0.05, 0.1) is 13.7 Å². The van der Waals surface area contributed by atoms with Crippen LogP contribution in [0.2, 0.25) is 0 Å². The number of rotatable bonds is 7. The monoisotopic (exact) mass is 342 g/mol. The lowest BCUT2D eigenvalue weighted by Gasteiger charge is -2.32. The van der Waals surface area contributed by atoms with E-state index in [1.807, 2.05) is 6.07 Å². The highest BCUT2D eigenvalue weighted by molar-refractivity contribution is 5.94. The first-order valence-corrected chi connectivity index (χ1v) is 7.83. The van der Waals surface area contributed by atoms with Crippen LogP contribution in [0.5, 0.6) is 11.5 Å². The fraction of sp³-hybridized carbons (Fsp3) is 0.588. The number of hydrogen-bond acceptors (Lipinski definition) is 5. The molecule has 130 valence electrons. The van der Waals surface area contributed by atoms with Crippen LogP contribution < -0.4 is 9.47 Å². The average Bonchev–Trinajstić information content (AvgIpc) is 2.53. The summed E-state index contributed by atoms with van der Waals surface area (Å²) < 4.78 is 11.1. The van der Waals surface area contributed by atoms with E-state index in [0.717, 1.165) is 39.1 Å². The summed E-state index contributed by atoms with van der Waals surface area (Å²) in [5.41, 5.74) is 0.640. The highest BCUT2D eigenvalue weighted by Gasteiger charge is 2.13. The van der Waals surface area contributed by atoms with E-state index in [9.17, 15) is 4.79 Å². The summed E-state index contributed by atoms with van der Waals surface area (Å²) in [6.07, 6.45) is 0.987. The molecule has 6 heteroatoms. The Morgan fingerprint density at radius 3 is 2.48 bits per heavy atom. The Kier molecular flexibility index (Phi) is 8.37. The molecule has 0 aliphatic carbocycles. The number of ether oxygens (including phenoxy) is 2. The third kappa shape index (κ3) is 6.01. The van der Waals surface area contributed by atoms with Gasteiger partial charge in [0.25, 0.3) is 0 Å². The zero-order valence-corrected chi connectivity index (χ0v) is 15.0. The molecule has 1 heterocycles. The minimum Gasteiger partial charge on any atom is -0.493 e. The minimum atomic E-state index is 0. The first-order valence-electron chi connectivity index (χ1n) is 7.83. The minimum absolute atomic E-state index is 0. The van der Waals surface area contributed by atoms with Crippen LogP contribution >= 0.6 is 12.4 Å². The van der Waals surface area contributed by atoms with Gasteiger partial charge in [-0.3, -0.25) is 4.79 Å². The van der Waals surface area contributed by atoms with Crippen molar-refractivity contribution in [1.82, 2.24) is 9.80 Å². The Balaban J connectivity index is 0.00000264. The van der Waals surface area contributed by atoms with E-state index in [4.69, 9.17) is 9.47 Å². The number of Topliss-reactive ketones (excluding diaryl/α,β-unsaturated/α-hetero) is 1. The van der Waals surface area contributed by atoms with E-state index in [1.54, 1.807) is 26.2 Å². The molecule has 0 atom stereocenters. The molecule has 1 aliphatic heterocycles. The number of benzene rings is 1. The van der Waals surface area contributed by atoms with Crippen molar-refractivity contribution >= 4 is 18.2 Å². The molecule has 0 bridgehead atoms. The Bertz CT molecular complexity index is 503. The first kappa shape index (κ1) is 19.7. The summed E-state index contributed by atoms with van der Waals surface area (Å²) >= 11 is 0. The second-order valence-electron chi connectivity index (χ2n) is 5.77. The zero-order valence-electron chi connectivity index (χ0n) is 14.2. The van der Waals surface area contributed by atoms with Crippen molar-refractivity contribution in [2.24, 2.45) is 0 Å². The summed E-state index contributed by atoms with van der Waals surface area (Å²) in [6, 6.07) is 5.32. The highest BCUT2D eigenvalue weighted by Crippen LogP contribution is 2.28. The van der Waals surface area contributed by atoms with Crippen LogP contribution in [0.1, 0.15) is 23.7 Å². The molecule has 1 saturated heterocycles.